The number of benzene rings is 1. The number of nitrogens with one attached hydrogen (secondary N) is 3. The molecule has 3 amide bonds. The minimum absolute atomic E-state index is 0.277. The van der Waals surface area contributed by atoms with Crippen molar-refractivity contribution in [1.29, 1.82) is 0 Å². The van der Waals surface area contributed by atoms with Crippen molar-refractivity contribution in [2.45, 2.75) is 26.4 Å². The molecule has 0 spiro atoms. The molecule has 0 aliphatic heterocycles. The van der Waals surface area contributed by atoms with Crippen LogP contribution in [0.25, 0.3) is 0 Å². The number of thiophene rings is 1. The summed E-state index contributed by atoms with van der Waals surface area (Å²) in [7, 11) is 0. The van der Waals surface area contributed by atoms with E-state index in [1.807, 2.05) is 48.7 Å². The molecule has 2 rings (SSSR count). The molecule has 0 aliphatic rings. The van der Waals surface area contributed by atoms with Gasteiger partial charge in [0.25, 0.3) is 5.91 Å². The third kappa shape index (κ3) is 4.91. The average Bonchev–Trinajstić information content (AvgIpc) is 3.08. The summed E-state index contributed by atoms with van der Waals surface area (Å²) in [6.45, 7) is 5.88. The highest BCUT2D eigenvalue weighted by Crippen LogP contribution is 2.12. The van der Waals surface area contributed by atoms with Gasteiger partial charge in [0.05, 0.1) is 11.4 Å². The fraction of sp³-hybridized carbons (Fsp3) is 0.333. The van der Waals surface area contributed by atoms with Crippen LogP contribution in [-0.2, 0) is 11.3 Å². The third-order valence-electron chi connectivity index (χ3n) is 3.81. The molecule has 1 aromatic heterocycles. The van der Waals surface area contributed by atoms with E-state index >= 15 is 0 Å². The van der Waals surface area contributed by atoms with Gasteiger partial charge in [-0.25, -0.2) is 4.79 Å². The SMILES string of the molecule is CCNC(=O)NC(=O)[C@H](c1ccccc1)[NH+](CC)Cc1cccs1. The molecule has 0 saturated heterocycles. The van der Waals surface area contributed by atoms with Gasteiger partial charge >= 0.3 is 6.03 Å². The van der Waals surface area contributed by atoms with Gasteiger partial charge in [-0.15, -0.1) is 11.3 Å². The van der Waals surface area contributed by atoms with Crippen LogP contribution in [0.5, 0.6) is 0 Å². The highest BCUT2D eigenvalue weighted by atomic mass is 32.1. The van der Waals surface area contributed by atoms with Crippen LogP contribution < -0.4 is 15.5 Å². The molecule has 0 bridgehead atoms. The Morgan fingerprint density at radius 2 is 1.88 bits per heavy atom. The molecule has 0 radical (unpaired) electrons. The molecule has 0 fully saturated rings. The van der Waals surface area contributed by atoms with Crippen LogP contribution in [0.2, 0.25) is 0 Å². The molecule has 0 saturated carbocycles. The third-order valence-corrected chi connectivity index (χ3v) is 4.69. The van der Waals surface area contributed by atoms with Crippen LogP contribution in [-0.4, -0.2) is 25.0 Å². The van der Waals surface area contributed by atoms with Gasteiger partial charge in [0.1, 0.15) is 6.54 Å². The van der Waals surface area contributed by atoms with E-state index in [0.717, 1.165) is 23.6 Å². The first-order chi connectivity index (χ1) is 11.7. The lowest BCUT2D eigenvalue weighted by Gasteiger charge is -2.26. The molecule has 1 unspecified atom stereocenters. The molecule has 2 atom stereocenters. The number of imide groups is 1. The first-order valence-electron chi connectivity index (χ1n) is 8.16. The van der Waals surface area contributed by atoms with E-state index in [9.17, 15) is 9.59 Å². The summed E-state index contributed by atoms with van der Waals surface area (Å²) in [5, 5.41) is 7.11. The number of quaternary nitrogens is 1. The number of hydrogen-bond acceptors (Lipinski definition) is 3. The molecular formula is C18H24N3O2S+. The zero-order valence-electron chi connectivity index (χ0n) is 14.0. The Morgan fingerprint density at radius 1 is 1.12 bits per heavy atom. The van der Waals surface area contributed by atoms with Crippen molar-refractivity contribution in [1.82, 2.24) is 10.6 Å². The van der Waals surface area contributed by atoms with Gasteiger partial charge in [-0.3, -0.25) is 10.1 Å². The van der Waals surface area contributed by atoms with Gasteiger partial charge in [0.15, 0.2) is 6.04 Å². The molecule has 1 aromatic carbocycles. The first-order valence-corrected chi connectivity index (χ1v) is 9.04. The van der Waals surface area contributed by atoms with Crippen molar-refractivity contribution in [2.24, 2.45) is 0 Å². The van der Waals surface area contributed by atoms with Crippen LogP contribution >= 0.6 is 11.3 Å². The number of urea groups is 1. The number of likely N-dealkylation sites (N-methyl/N-ethyl adjacent to an activating group) is 1. The smallest absolute Gasteiger partial charge is 0.321 e. The standard InChI is InChI=1S/C18H23N3O2S/c1-3-19-18(23)20-17(22)16(14-9-6-5-7-10-14)21(4-2)13-15-11-8-12-24-15/h5-12,16H,3-4,13H2,1-2H3,(H2,19,20,22,23)/p+1/t16-/m0/s1. The summed E-state index contributed by atoms with van der Waals surface area (Å²) in [4.78, 5) is 26.9. The number of amides is 3. The highest BCUT2D eigenvalue weighted by Gasteiger charge is 2.31. The largest absolute Gasteiger partial charge is 0.338 e. The van der Waals surface area contributed by atoms with Gasteiger partial charge in [0.2, 0.25) is 0 Å². The second-order valence-electron chi connectivity index (χ2n) is 5.46. The number of hydrogen-bond donors (Lipinski definition) is 3. The molecule has 3 N–H and O–H groups in total. The van der Waals surface area contributed by atoms with Crippen LogP contribution in [0.3, 0.4) is 0 Å². The van der Waals surface area contributed by atoms with Crippen molar-refractivity contribution >= 4 is 23.3 Å². The maximum absolute atomic E-state index is 12.8. The minimum atomic E-state index is -0.449. The molecule has 0 aliphatic carbocycles. The van der Waals surface area contributed by atoms with Crippen LogP contribution in [0.1, 0.15) is 30.3 Å². The lowest BCUT2D eigenvalue weighted by atomic mass is 10.0. The van der Waals surface area contributed by atoms with Crippen LogP contribution in [0, 0.1) is 0 Å². The molecule has 2 aromatic rings. The topological polar surface area (TPSA) is 62.6 Å². The van der Waals surface area contributed by atoms with Gasteiger partial charge in [0, 0.05) is 12.1 Å². The fourth-order valence-electron chi connectivity index (χ4n) is 2.67. The van der Waals surface area contributed by atoms with E-state index in [1.165, 1.54) is 4.88 Å². The maximum atomic E-state index is 12.8. The summed E-state index contributed by atoms with van der Waals surface area (Å²) in [6.07, 6.45) is 0. The summed E-state index contributed by atoms with van der Waals surface area (Å²) >= 11 is 1.68. The Bertz CT molecular complexity index is 644. The highest BCUT2D eigenvalue weighted by molar-refractivity contribution is 7.09. The van der Waals surface area contributed by atoms with E-state index in [1.54, 1.807) is 11.3 Å². The Balaban J connectivity index is 2.24. The summed E-state index contributed by atoms with van der Waals surface area (Å²) in [5.41, 5.74) is 0.910. The van der Waals surface area contributed by atoms with Gasteiger partial charge in [-0.1, -0.05) is 36.4 Å². The lowest BCUT2D eigenvalue weighted by molar-refractivity contribution is -0.933. The molecule has 128 valence electrons. The fourth-order valence-corrected chi connectivity index (χ4v) is 3.43. The molecule has 1 heterocycles. The summed E-state index contributed by atoms with van der Waals surface area (Å²) in [6, 6.07) is 12.8. The second kappa shape index (κ2) is 9.20. The number of carbonyl (C=O) groups excluding carboxylic acids is 2. The molecule has 24 heavy (non-hydrogen) atoms. The zero-order valence-corrected chi connectivity index (χ0v) is 14.9. The van der Waals surface area contributed by atoms with Crippen molar-refractivity contribution < 1.29 is 14.5 Å². The second-order valence-corrected chi connectivity index (χ2v) is 6.49. The maximum Gasteiger partial charge on any atom is 0.321 e. The Morgan fingerprint density at radius 3 is 2.46 bits per heavy atom. The normalized spacial score (nSPS) is 13.1. The Labute approximate surface area is 146 Å². The lowest BCUT2D eigenvalue weighted by Crippen LogP contribution is -3.12. The summed E-state index contributed by atoms with van der Waals surface area (Å²) < 4.78 is 0. The minimum Gasteiger partial charge on any atom is -0.338 e. The van der Waals surface area contributed by atoms with Gasteiger partial charge in [-0.05, 0) is 25.3 Å². The van der Waals surface area contributed by atoms with E-state index in [-0.39, 0.29) is 5.91 Å². The average molecular weight is 346 g/mol. The zero-order chi connectivity index (χ0) is 17.4. The Hall–Kier alpha value is -2.18. The van der Waals surface area contributed by atoms with Crippen molar-refractivity contribution in [2.75, 3.05) is 13.1 Å². The predicted molar refractivity (Wildman–Crippen MR) is 95.9 cm³/mol. The van der Waals surface area contributed by atoms with Gasteiger partial charge in [-0.2, -0.15) is 0 Å². The van der Waals surface area contributed by atoms with Gasteiger partial charge < -0.3 is 10.2 Å². The molecule has 6 heteroatoms. The van der Waals surface area contributed by atoms with E-state index in [0.29, 0.717) is 6.54 Å². The number of carbonyl (C=O) groups is 2. The predicted octanol–water partition coefficient (Wildman–Crippen LogP) is 1.74. The number of rotatable bonds is 7. The van der Waals surface area contributed by atoms with Crippen LogP contribution in [0.4, 0.5) is 4.79 Å². The first kappa shape index (κ1) is 18.2. The van der Waals surface area contributed by atoms with Crippen LogP contribution in [0.15, 0.2) is 47.8 Å². The summed E-state index contributed by atoms with van der Waals surface area (Å²) in [5.74, 6) is -0.277. The Kier molecular flexibility index (Phi) is 6.96. The van der Waals surface area contributed by atoms with E-state index in [2.05, 4.69) is 23.6 Å². The van der Waals surface area contributed by atoms with Crippen molar-refractivity contribution in [3.8, 4) is 0 Å². The van der Waals surface area contributed by atoms with E-state index in [4.69, 9.17) is 0 Å². The van der Waals surface area contributed by atoms with Crippen molar-refractivity contribution in [3.63, 3.8) is 0 Å². The monoisotopic (exact) mass is 346 g/mol. The molecule has 5 nitrogen and oxygen atoms in total. The molecular weight excluding hydrogens is 322 g/mol. The van der Waals surface area contributed by atoms with E-state index < -0.39 is 12.1 Å². The quantitative estimate of drug-likeness (QED) is 0.715. The van der Waals surface area contributed by atoms with Crippen molar-refractivity contribution in [3.05, 3.63) is 58.3 Å².